The smallest absolute Gasteiger partial charge is 0.276 e. The fourth-order valence-electron chi connectivity index (χ4n) is 1.90. The number of halogens is 1. The van der Waals surface area contributed by atoms with Crippen molar-refractivity contribution in [3.8, 4) is 5.75 Å². The van der Waals surface area contributed by atoms with Gasteiger partial charge >= 0.3 is 0 Å². The molecule has 23 heavy (non-hydrogen) atoms. The Hall–Kier alpha value is -2.89. The number of carbonyl (C=O) groups excluding carboxylic acids is 2. The van der Waals surface area contributed by atoms with Crippen molar-refractivity contribution < 1.29 is 18.7 Å². The summed E-state index contributed by atoms with van der Waals surface area (Å²) < 4.78 is 18.8. The van der Waals surface area contributed by atoms with Crippen molar-refractivity contribution in [1.82, 2.24) is 10.9 Å². The molecule has 0 saturated heterocycles. The van der Waals surface area contributed by atoms with Gasteiger partial charge in [0, 0.05) is 0 Å². The molecule has 0 heterocycles. The van der Waals surface area contributed by atoms with E-state index in [2.05, 4.69) is 10.9 Å². The summed E-state index contributed by atoms with van der Waals surface area (Å²) in [6, 6.07) is 13.3. The van der Waals surface area contributed by atoms with Gasteiger partial charge in [-0.3, -0.25) is 20.4 Å². The molecular weight excluding hydrogens is 299 g/mol. The molecule has 2 N–H and O–H groups in total. The van der Waals surface area contributed by atoms with Crippen molar-refractivity contribution in [2.24, 2.45) is 0 Å². The zero-order valence-electron chi connectivity index (χ0n) is 12.6. The number of rotatable bonds is 5. The van der Waals surface area contributed by atoms with Gasteiger partial charge in [-0.1, -0.05) is 36.4 Å². The van der Waals surface area contributed by atoms with Crippen LogP contribution in [-0.4, -0.2) is 18.4 Å². The van der Waals surface area contributed by atoms with Crippen LogP contribution < -0.4 is 15.6 Å². The molecule has 120 valence electrons. The molecule has 0 aromatic heterocycles. The quantitative estimate of drug-likeness (QED) is 0.828. The largest absolute Gasteiger partial charge is 0.483 e. The first-order valence-corrected chi connectivity index (χ1v) is 7.06. The minimum atomic E-state index is -0.514. The summed E-state index contributed by atoms with van der Waals surface area (Å²) in [6.45, 7) is 1.63. The van der Waals surface area contributed by atoms with Gasteiger partial charge in [-0.05, 0) is 30.2 Å². The third kappa shape index (κ3) is 5.10. The Balaban J connectivity index is 1.75. The first-order chi connectivity index (χ1) is 11.1. The lowest BCUT2D eigenvalue weighted by Crippen LogP contribution is -2.44. The Morgan fingerprint density at radius 1 is 1.00 bits per heavy atom. The second-order valence-corrected chi connectivity index (χ2v) is 4.92. The highest BCUT2D eigenvalue weighted by molar-refractivity contribution is 5.83. The van der Waals surface area contributed by atoms with Crippen LogP contribution in [0, 0.1) is 12.7 Å². The number of benzene rings is 2. The highest BCUT2D eigenvalue weighted by Gasteiger charge is 2.09. The summed E-state index contributed by atoms with van der Waals surface area (Å²) in [6.07, 6.45) is -0.161. The lowest BCUT2D eigenvalue weighted by molar-refractivity contribution is -0.129. The first kappa shape index (κ1) is 16.5. The zero-order chi connectivity index (χ0) is 16.7. The Bertz CT molecular complexity index is 704. The highest BCUT2D eigenvalue weighted by Crippen LogP contribution is 2.15. The molecule has 2 rings (SSSR count). The number of para-hydroxylation sites is 1. The molecule has 0 atom stereocenters. The molecule has 0 aliphatic rings. The van der Waals surface area contributed by atoms with Crippen molar-refractivity contribution in [1.29, 1.82) is 0 Å². The first-order valence-electron chi connectivity index (χ1n) is 7.06. The molecule has 2 aromatic rings. The van der Waals surface area contributed by atoms with Crippen LogP contribution in [0.15, 0.2) is 48.5 Å². The fourth-order valence-corrected chi connectivity index (χ4v) is 1.90. The molecule has 0 fully saturated rings. The Kier molecular flexibility index (Phi) is 5.68. The van der Waals surface area contributed by atoms with Crippen molar-refractivity contribution >= 4 is 11.8 Å². The summed E-state index contributed by atoms with van der Waals surface area (Å²) in [7, 11) is 0. The van der Waals surface area contributed by atoms with E-state index in [1.165, 1.54) is 12.1 Å². The van der Waals surface area contributed by atoms with Crippen LogP contribution in [0.4, 0.5) is 4.39 Å². The summed E-state index contributed by atoms with van der Waals surface area (Å²) >= 11 is 0. The number of aryl methyl sites for hydroxylation is 1. The van der Waals surface area contributed by atoms with Gasteiger partial charge in [-0.15, -0.1) is 0 Å². The third-order valence-corrected chi connectivity index (χ3v) is 3.10. The van der Waals surface area contributed by atoms with Crippen LogP contribution in [0.2, 0.25) is 0 Å². The molecular formula is C17H17FN2O3. The van der Waals surface area contributed by atoms with Crippen LogP contribution >= 0.6 is 0 Å². The van der Waals surface area contributed by atoms with Crippen molar-refractivity contribution in [2.45, 2.75) is 13.3 Å². The summed E-state index contributed by atoms with van der Waals surface area (Å²) in [5.74, 6) is -0.883. The minimum Gasteiger partial charge on any atom is -0.483 e. The molecule has 0 unspecified atom stereocenters. The van der Waals surface area contributed by atoms with E-state index in [0.717, 1.165) is 5.56 Å². The van der Waals surface area contributed by atoms with E-state index < -0.39 is 17.6 Å². The summed E-state index contributed by atoms with van der Waals surface area (Å²) in [5.41, 5.74) is 5.62. The normalized spacial score (nSPS) is 10.0. The zero-order valence-corrected chi connectivity index (χ0v) is 12.6. The Morgan fingerprint density at radius 3 is 2.39 bits per heavy atom. The molecule has 2 amide bonds. The van der Waals surface area contributed by atoms with E-state index in [0.29, 0.717) is 5.75 Å². The van der Waals surface area contributed by atoms with E-state index >= 15 is 0 Å². The van der Waals surface area contributed by atoms with Gasteiger partial charge in [0.05, 0.1) is 6.42 Å². The van der Waals surface area contributed by atoms with Gasteiger partial charge in [0.15, 0.2) is 6.61 Å². The second kappa shape index (κ2) is 7.93. The Morgan fingerprint density at radius 2 is 1.65 bits per heavy atom. The van der Waals surface area contributed by atoms with Crippen molar-refractivity contribution in [3.05, 3.63) is 65.5 Å². The summed E-state index contributed by atoms with van der Waals surface area (Å²) in [4.78, 5) is 23.3. The van der Waals surface area contributed by atoms with Gasteiger partial charge in [-0.25, -0.2) is 4.39 Å². The second-order valence-electron chi connectivity index (χ2n) is 4.92. The number of hydrazine groups is 1. The van der Waals surface area contributed by atoms with E-state index in [1.807, 2.05) is 19.1 Å². The fraction of sp³-hybridized carbons (Fsp3) is 0.176. The van der Waals surface area contributed by atoms with Crippen LogP contribution in [0.5, 0.6) is 5.75 Å². The number of nitrogens with one attached hydrogen (secondary N) is 2. The number of amides is 2. The van der Waals surface area contributed by atoms with Crippen molar-refractivity contribution in [3.63, 3.8) is 0 Å². The van der Waals surface area contributed by atoms with Crippen molar-refractivity contribution in [2.75, 3.05) is 6.61 Å². The lowest BCUT2D eigenvalue weighted by atomic mass is 10.1. The van der Waals surface area contributed by atoms with Crippen LogP contribution in [0.1, 0.15) is 11.1 Å². The summed E-state index contributed by atoms with van der Waals surface area (Å²) in [5, 5.41) is 0. The molecule has 0 aliphatic carbocycles. The topological polar surface area (TPSA) is 67.4 Å². The highest BCUT2D eigenvalue weighted by atomic mass is 19.1. The molecule has 0 saturated carbocycles. The van der Waals surface area contributed by atoms with Gasteiger partial charge in [0.2, 0.25) is 5.91 Å². The molecule has 6 heteroatoms. The van der Waals surface area contributed by atoms with E-state index in [9.17, 15) is 14.0 Å². The number of hydrogen-bond donors (Lipinski definition) is 2. The maximum absolute atomic E-state index is 13.4. The maximum atomic E-state index is 13.4. The van der Waals surface area contributed by atoms with Gasteiger partial charge < -0.3 is 4.74 Å². The average Bonchev–Trinajstić information content (AvgIpc) is 2.54. The predicted molar refractivity (Wildman–Crippen MR) is 83.1 cm³/mol. The molecule has 0 radical (unpaired) electrons. The van der Waals surface area contributed by atoms with Crippen LogP contribution in [-0.2, 0) is 16.0 Å². The van der Waals surface area contributed by atoms with Gasteiger partial charge in [-0.2, -0.15) is 0 Å². The van der Waals surface area contributed by atoms with Crippen LogP contribution in [0.3, 0.4) is 0 Å². The van der Waals surface area contributed by atoms with E-state index in [-0.39, 0.29) is 18.6 Å². The molecule has 0 spiro atoms. The third-order valence-electron chi connectivity index (χ3n) is 3.10. The number of hydrogen-bond acceptors (Lipinski definition) is 3. The van der Waals surface area contributed by atoms with Crippen LogP contribution in [0.25, 0.3) is 0 Å². The van der Waals surface area contributed by atoms with E-state index in [4.69, 9.17) is 4.74 Å². The monoisotopic (exact) mass is 316 g/mol. The molecule has 0 aliphatic heterocycles. The average molecular weight is 316 g/mol. The Labute approximate surface area is 133 Å². The predicted octanol–water partition coefficient (Wildman–Crippen LogP) is 1.90. The standard InChI is InChI=1S/C17H17FN2O3/c1-12-6-2-5-9-15(12)23-11-17(22)20-19-16(21)10-13-7-3-4-8-14(13)18/h2-9H,10-11H2,1H3,(H,19,21)(H,20,22). The molecule has 0 bridgehead atoms. The SMILES string of the molecule is Cc1ccccc1OCC(=O)NNC(=O)Cc1ccccc1F. The minimum absolute atomic E-state index is 0.161. The maximum Gasteiger partial charge on any atom is 0.276 e. The molecule has 2 aromatic carbocycles. The number of carbonyl (C=O) groups is 2. The number of ether oxygens (including phenoxy) is 1. The van der Waals surface area contributed by atoms with E-state index in [1.54, 1.807) is 24.3 Å². The van der Waals surface area contributed by atoms with Gasteiger partial charge in [0.25, 0.3) is 5.91 Å². The molecule has 5 nitrogen and oxygen atoms in total. The lowest BCUT2D eigenvalue weighted by Gasteiger charge is -2.10. The van der Waals surface area contributed by atoms with Gasteiger partial charge in [0.1, 0.15) is 11.6 Å².